The number of nitrogens with one attached hydrogen (secondary N) is 2. The highest BCUT2D eigenvalue weighted by atomic mass is 32.2. The molecule has 2 N–H and O–H groups in total. The summed E-state index contributed by atoms with van der Waals surface area (Å²) in [7, 11) is 0. The fourth-order valence-electron chi connectivity index (χ4n) is 2.82. The lowest BCUT2D eigenvalue weighted by Crippen LogP contribution is -2.33. The Kier molecular flexibility index (Phi) is 7.60. The Bertz CT molecular complexity index is 1030. The van der Waals surface area contributed by atoms with Gasteiger partial charge in [-0.3, -0.25) is 19.7 Å². The number of amides is 1. The van der Waals surface area contributed by atoms with Crippen molar-refractivity contribution in [3.05, 3.63) is 64.2 Å². The summed E-state index contributed by atoms with van der Waals surface area (Å²) in [5, 5.41) is 14.2. The van der Waals surface area contributed by atoms with E-state index in [0.717, 1.165) is 23.9 Å². The van der Waals surface area contributed by atoms with Crippen LogP contribution >= 0.6 is 11.8 Å². The number of imidazole rings is 1. The van der Waals surface area contributed by atoms with Crippen molar-refractivity contribution in [3.8, 4) is 0 Å². The Morgan fingerprint density at radius 1 is 1.23 bits per heavy atom. The highest BCUT2D eigenvalue weighted by Crippen LogP contribution is 2.24. The van der Waals surface area contributed by atoms with Crippen LogP contribution in [0.25, 0.3) is 11.0 Å². The van der Waals surface area contributed by atoms with E-state index >= 15 is 0 Å². The number of thioether (sulfide) groups is 1. The highest BCUT2D eigenvalue weighted by molar-refractivity contribution is 7.99. The number of non-ortho nitro benzene ring substituents is 1. The summed E-state index contributed by atoms with van der Waals surface area (Å²) in [4.78, 5) is 42.9. The zero-order valence-corrected chi connectivity index (χ0v) is 17.7. The largest absolute Gasteiger partial charge is 0.447 e. The van der Waals surface area contributed by atoms with Crippen LogP contribution in [0.15, 0.2) is 53.7 Å². The number of para-hydroxylation sites is 2. The number of nitro benzene ring substituents is 1. The molecular formula is C21H22N4O5S. The average Bonchev–Trinajstić information content (AvgIpc) is 3.19. The molecule has 0 radical (unpaired) electrons. The number of aromatic nitrogens is 2. The van der Waals surface area contributed by atoms with Crippen LogP contribution < -0.4 is 5.32 Å². The molecule has 0 bridgehead atoms. The molecule has 31 heavy (non-hydrogen) atoms. The van der Waals surface area contributed by atoms with E-state index in [2.05, 4.69) is 15.3 Å². The van der Waals surface area contributed by atoms with Gasteiger partial charge in [-0.15, -0.1) is 0 Å². The monoisotopic (exact) mass is 442 g/mol. The first-order chi connectivity index (χ1) is 15.0. The number of carbonyl (C=O) groups excluding carboxylic acids is 2. The minimum Gasteiger partial charge on any atom is -0.447 e. The molecule has 0 spiro atoms. The Morgan fingerprint density at radius 3 is 2.65 bits per heavy atom. The van der Waals surface area contributed by atoms with E-state index in [4.69, 9.17) is 4.74 Å². The Hall–Kier alpha value is -3.40. The maximum absolute atomic E-state index is 12.6. The van der Waals surface area contributed by atoms with Gasteiger partial charge in [-0.25, -0.2) is 4.98 Å². The van der Waals surface area contributed by atoms with Crippen molar-refractivity contribution in [2.24, 2.45) is 0 Å². The van der Waals surface area contributed by atoms with Crippen LogP contribution in [0.1, 0.15) is 31.4 Å². The second-order valence-corrected chi connectivity index (χ2v) is 7.67. The number of fused-ring (bicyclic) bond motifs is 1. The minimum absolute atomic E-state index is 0.0501. The Labute approximate surface area is 182 Å². The summed E-state index contributed by atoms with van der Waals surface area (Å²) in [5.74, 6) is -1.12. The van der Waals surface area contributed by atoms with Gasteiger partial charge in [0.15, 0.2) is 5.16 Å². The zero-order chi connectivity index (χ0) is 22.2. The van der Waals surface area contributed by atoms with Gasteiger partial charge in [-0.05, 0) is 30.7 Å². The molecule has 1 heterocycles. The third kappa shape index (κ3) is 6.05. The molecule has 0 fully saturated rings. The Balaban J connectivity index is 1.67. The molecule has 3 aromatic rings. The normalized spacial score (nSPS) is 11.8. The van der Waals surface area contributed by atoms with Crippen LogP contribution in [0.5, 0.6) is 0 Å². The second kappa shape index (κ2) is 10.6. The van der Waals surface area contributed by atoms with E-state index < -0.39 is 22.9 Å². The minimum atomic E-state index is -1.19. The number of rotatable bonds is 10. The van der Waals surface area contributed by atoms with E-state index in [1.807, 2.05) is 31.2 Å². The fraction of sp³-hybridized carbons (Fsp3) is 0.286. The van der Waals surface area contributed by atoms with Crippen molar-refractivity contribution in [1.82, 2.24) is 15.3 Å². The second-order valence-electron chi connectivity index (χ2n) is 6.71. The summed E-state index contributed by atoms with van der Waals surface area (Å²) in [5.41, 5.74) is 1.90. The lowest BCUT2D eigenvalue weighted by Gasteiger charge is -2.18. The van der Waals surface area contributed by atoms with Crippen molar-refractivity contribution < 1.29 is 19.2 Å². The standard InChI is InChI=1S/C21H22N4O5S/c1-2-3-12-22-20(27)19(14-8-10-15(11-9-14)25(28)29)30-18(26)13-31-21-23-16-6-4-5-7-17(16)24-21/h4-11,19H,2-3,12-13H2,1H3,(H,22,27)(H,23,24). The van der Waals surface area contributed by atoms with Crippen LogP contribution in [0, 0.1) is 10.1 Å². The molecule has 0 aliphatic rings. The third-order valence-electron chi connectivity index (χ3n) is 4.42. The van der Waals surface area contributed by atoms with Crippen molar-refractivity contribution in [1.29, 1.82) is 0 Å². The number of ether oxygens (including phenoxy) is 1. The molecule has 1 atom stereocenters. The van der Waals surface area contributed by atoms with E-state index in [1.54, 1.807) is 0 Å². The van der Waals surface area contributed by atoms with Crippen molar-refractivity contribution in [3.63, 3.8) is 0 Å². The van der Waals surface area contributed by atoms with Gasteiger partial charge < -0.3 is 15.0 Å². The molecule has 1 amide bonds. The van der Waals surface area contributed by atoms with Crippen LogP contribution in [-0.4, -0.2) is 39.1 Å². The number of carbonyl (C=O) groups is 2. The van der Waals surface area contributed by atoms with E-state index in [-0.39, 0.29) is 11.4 Å². The molecule has 1 unspecified atom stereocenters. The van der Waals surface area contributed by atoms with Crippen molar-refractivity contribution in [2.45, 2.75) is 31.0 Å². The molecular weight excluding hydrogens is 420 g/mol. The predicted octanol–water partition coefficient (Wildman–Crippen LogP) is 3.76. The van der Waals surface area contributed by atoms with Gasteiger partial charge in [0.25, 0.3) is 11.6 Å². The predicted molar refractivity (Wildman–Crippen MR) is 117 cm³/mol. The lowest BCUT2D eigenvalue weighted by molar-refractivity contribution is -0.384. The maximum Gasteiger partial charge on any atom is 0.317 e. The summed E-state index contributed by atoms with van der Waals surface area (Å²) >= 11 is 1.17. The summed E-state index contributed by atoms with van der Waals surface area (Å²) in [6.07, 6.45) is 0.492. The highest BCUT2D eigenvalue weighted by Gasteiger charge is 2.25. The van der Waals surface area contributed by atoms with E-state index in [9.17, 15) is 19.7 Å². The number of benzene rings is 2. The quantitative estimate of drug-likeness (QED) is 0.161. The molecule has 162 valence electrons. The average molecular weight is 442 g/mol. The number of unbranched alkanes of at least 4 members (excludes halogenated alkanes) is 1. The number of hydrogen-bond acceptors (Lipinski definition) is 7. The Morgan fingerprint density at radius 2 is 1.97 bits per heavy atom. The van der Waals surface area contributed by atoms with Crippen molar-refractivity contribution in [2.75, 3.05) is 12.3 Å². The maximum atomic E-state index is 12.6. The molecule has 0 saturated heterocycles. The molecule has 9 nitrogen and oxygen atoms in total. The number of nitro groups is 1. The van der Waals surface area contributed by atoms with E-state index in [1.165, 1.54) is 36.0 Å². The lowest BCUT2D eigenvalue weighted by atomic mass is 10.1. The first kappa shape index (κ1) is 22.3. The first-order valence-electron chi connectivity index (χ1n) is 9.77. The summed E-state index contributed by atoms with van der Waals surface area (Å²) in [6.45, 7) is 2.44. The SMILES string of the molecule is CCCCNC(=O)C(OC(=O)CSc1nc2ccccc2[nH]1)c1ccc([N+](=O)[O-])cc1. The topological polar surface area (TPSA) is 127 Å². The molecule has 10 heteroatoms. The zero-order valence-electron chi connectivity index (χ0n) is 16.9. The smallest absolute Gasteiger partial charge is 0.317 e. The third-order valence-corrected chi connectivity index (χ3v) is 5.26. The van der Waals surface area contributed by atoms with Gasteiger partial charge in [0.1, 0.15) is 0 Å². The number of aromatic amines is 1. The molecule has 0 aliphatic heterocycles. The van der Waals surface area contributed by atoms with Gasteiger partial charge >= 0.3 is 5.97 Å². The van der Waals surface area contributed by atoms with Crippen molar-refractivity contribution >= 4 is 40.4 Å². The summed E-state index contributed by atoms with van der Waals surface area (Å²) < 4.78 is 5.44. The van der Waals surface area contributed by atoms with Gasteiger partial charge in [-0.2, -0.15) is 0 Å². The number of esters is 1. The van der Waals surface area contributed by atoms with Crippen LogP contribution in [0.2, 0.25) is 0 Å². The molecule has 3 rings (SSSR count). The molecule has 0 saturated carbocycles. The summed E-state index contributed by atoms with van der Waals surface area (Å²) in [6, 6.07) is 12.9. The first-order valence-corrected chi connectivity index (χ1v) is 10.8. The van der Waals surface area contributed by atoms with Crippen LogP contribution in [-0.2, 0) is 14.3 Å². The van der Waals surface area contributed by atoms with Gasteiger partial charge in [0.2, 0.25) is 6.10 Å². The molecule has 2 aromatic carbocycles. The fourth-order valence-corrected chi connectivity index (χ4v) is 3.48. The van der Waals surface area contributed by atoms with Gasteiger partial charge in [0.05, 0.1) is 21.7 Å². The van der Waals surface area contributed by atoms with Gasteiger partial charge in [0, 0.05) is 24.2 Å². The number of nitrogens with zero attached hydrogens (tertiary/aromatic N) is 2. The number of hydrogen-bond donors (Lipinski definition) is 2. The molecule has 0 aliphatic carbocycles. The number of H-pyrrole nitrogens is 1. The van der Waals surface area contributed by atoms with Crippen LogP contribution in [0.4, 0.5) is 5.69 Å². The van der Waals surface area contributed by atoms with Gasteiger partial charge in [-0.1, -0.05) is 37.2 Å². The molecule has 1 aromatic heterocycles. The van der Waals surface area contributed by atoms with Crippen LogP contribution in [0.3, 0.4) is 0 Å². The van der Waals surface area contributed by atoms with E-state index in [0.29, 0.717) is 17.3 Å².